The molecule has 0 aliphatic carbocycles. The number of rotatable bonds is 8. The number of benzene rings is 2. The van der Waals surface area contributed by atoms with Gasteiger partial charge in [-0.25, -0.2) is 4.98 Å². The maximum atomic E-state index is 5.80. The molecule has 134 valence electrons. The van der Waals surface area contributed by atoms with Crippen molar-refractivity contribution in [3.8, 4) is 11.5 Å². The maximum Gasteiger partial charge on any atom is 0.229 e. The van der Waals surface area contributed by atoms with Crippen LogP contribution in [0, 0.1) is 5.92 Å². The lowest BCUT2D eigenvalue weighted by Gasteiger charge is -2.10. The van der Waals surface area contributed by atoms with Crippen LogP contribution in [0.25, 0.3) is 0 Å². The van der Waals surface area contributed by atoms with Gasteiger partial charge in [0, 0.05) is 18.4 Å². The van der Waals surface area contributed by atoms with Crippen molar-refractivity contribution in [1.82, 2.24) is 9.97 Å². The standard InChI is InChI=1S/C21H24N4O/c1-16(2)12-14-22-20-13-15-23-21(25-20)24-17-8-10-19(11-9-17)26-18-6-4-3-5-7-18/h3-11,13,15-16H,12,14H2,1-2H3,(H2,22,23,24,25). The highest BCUT2D eigenvalue weighted by atomic mass is 16.5. The Morgan fingerprint density at radius 3 is 2.38 bits per heavy atom. The van der Waals surface area contributed by atoms with E-state index in [0.717, 1.165) is 36.0 Å². The molecule has 0 saturated carbocycles. The molecule has 26 heavy (non-hydrogen) atoms. The topological polar surface area (TPSA) is 59.1 Å². The summed E-state index contributed by atoms with van der Waals surface area (Å²) in [6, 6.07) is 19.3. The summed E-state index contributed by atoms with van der Waals surface area (Å²) in [7, 11) is 0. The Bertz CT molecular complexity index is 804. The number of anilines is 3. The van der Waals surface area contributed by atoms with Gasteiger partial charge in [0.15, 0.2) is 0 Å². The average Bonchev–Trinajstić information content (AvgIpc) is 2.64. The zero-order valence-corrected chi connectivity index (χ0v) is 15.1. The summed E-state index contributed by atoms with van der Waals surface area (Å²) in [5, 5.41) is 6.54. The van der Waals surface area contributed by atoms with Crippen molar-refractivity contribution in [3.63, 3.8) is 0 Å². The second kappa shape index (κ2) is 8.85. The summed E-state index contributed by atoms with van der Waals surface area (Å²) in [4.78, 5) is 8.77. The van der Waals surface area contributed by atoms with E-state index in [9.17, 15) is 0 Å². The minimum Gasteiger partial charge on any atom is -0.457 e. The molecule has 0 saturated heterocycles. The van der Waals surface area contributed by atoms with Crippen molar-refractivity contribution >= 4 is 17.5 Å². The van der Waals surface area contributed by atoms with Gasteiger partial charge in [0.05, 0.1) is 0 Å². The van der Waals surface area contributed by atoms with E-state index >= 15 is 0 Å². The molecule has 0 spiro atoms. The molecule has 0 bridgehead atoms. The first-order chi connectivity index (χ1) is 12.7. The van der Waals surface area contributed by atoms with Crippen molar-refractivity contribution in [2.45, 2.75) is 20.3 Å². The molecule has 2 aromatic carbocycles. The molecular weight excluding hydrogens is 324 g/mol. The van der Waals surface area contributed by atoms with Crippen LogP contribution in [0.5, 0.6) is 11.5 Å². The maximum absolute atomic E-state index is 5.80. The van der Waals surface area contributed by atoms with Crippen LogP contribution in [0.1, 0.15) is 20.3 Å². The predicted molar refractivity (Wildman–Crippen MR) is 106 cm³/mol. The van der Waals surface area contributed by atoms with E-state index in [1.807, 2.05) is 60.7 Å². The van der Waals surface area contributed by atoms with Crippen LogP contribution >= 0.6 is 0 Å². The first-order valence-corrected chi connectivity index (χ1v) is 8.86. The number of aromatic nitrogens is 2. The van der Waals surface area contributed by atoms with Gasteiger partial charge in [0.2, 0.25) is 5.95 Å². The van der Waals surface area contributed by atoms with Gasteiger partial charge in [-0.05, 0) is 54.8 Å². The third-order valence-corrected chi connectivity index (χ3v) is 3.77. The van der Waals surface area contributed by atoms with E-state index < -0.39 is 0 Å². The van der Waals surface area contributed by atoms with E-state index in [2.05, 4.69) is 34.4 Å². The van der Waals surface area contributed by atoms with Crippen molar-refractivity contribution < 1.29 is 4.74 Å². The first-order valence-electron chi connectivity index (χ1n) is 8.86. The van der Waals surface area contributed by atoms with Gasteiger partial charge in [-0.15, -0.1) is 0 Å². The third-order valence-electron chi connectivity index (χ3n) is 3.77. The van der Waals surface area contributed by atoms with Gasteiger partial charge >= 0.3 is 0 Å². The smallest absolute Gasteiger partial charge is 0.229 e. The van der Waals surface area contributed by atoms with Crippen molar-refractivity contribution in [3.05, 3.63) is 66.9 Å². The van der Waals surface area contributed by atoms with Gasteiger partial charge < -0.3 is 15.4 Å². The molecule has 3 rings (SSSR count). The summed E-state index contributed by atoms with van der Waals surface area (Å²) in [5.41, 5.74) is 0.907. The lowest BCUT2D eigenvalue weighted by Crippen LogP contribution is -2.07. The van der Waals surface area contributed by atoms with E-state index in [-0.39, 0.29) is 0 Å². The van der Waals surface area contributed by atoms with Gasteiger partial charge in [-0.3, -0.25) is 0 Å². The number of hydrogen-bond donors (Lipinski definition) is 2. The van der Waals surface area contributed by atoms with E-state index in [1.54, 1.807) is 6.20 Å². The van der Waals surface area contributed by atoms with Crippen LogP contribution in [0.15, 0.2) is 66.9 Å². The van der Waals surface area contributed by atoms with Gasteiger partial charge in [-0.2, -0.15) is 4.98 Å². The number of ether oxygens (including phenoxy) is 1. The number of hydrogen-bond acceptors (Lipinski definition) is 5. The van der Waals surface area contributed by atoms with Crippen LogP contribution in [0.3, 0.4) is 0 Å². The minimum absolute atomic E-state index is 0.566. The lowest BCUT2D eigenvalue weighted by atomic mass is 10.1. The Morgan fingerprint density at radius 2 is 1.65 bits per heavy atom. The molecule has 0 radical (unpaired) electrons. The van der Waals surface area contributed by atoms with E-state index in [4.69, 9.17) is 4.74 Å². The summed E-state index contributed by atoms with van der Waals surface area (Å²) in [6.45, 7) is 5.32. The monoisotopic (exact) mass is 348 g/mol. The Balaban J connectivity index is 1.58. The molecule has 1 aromatic heterocycles. The van der Waals surface area contributed by atoms with Gasteiger partial charge in [-0.1, -0.05) is 32.0 Å². The van der Waals surface area contributed by atoms with Crippen LogP contribution in [-0.4, -0.2) is 16.5 Å². The van der Waals surface area contributed by atoms with E-state index in [0.29, 0.717) is 11.9 Å². The molecule has 0 unspecified atom stereocenters. The quantitative estimate of drug-likeness (QED) is 0.565. The van der Waals surface area contributed by atoms with Crippen LogP contribution < -0.4 is 15.4 Å². The Hall–Kier alpha value is -3.08. The fourth-order valence-electron chi connectivity index (χ4n) is 2.37. The van der Waals surface area contributed by atoms with Crippen LogP contribution in [-0.2, 0) is 0 Å². The number of para-hydroxylation sites is 1. The molecule has 0 fully saturated rings. The third kappa shape index (κ3) is 5.48. The summed E-state index contributed by atoms with van der Waals surface area (Å²) in [5.74, 6) is 3.66. The molecule has 0 amide bonds. The lowest BCUT2D eigenvalue weighted by molar-refractivity contribution is 0.483. The summed E-state index contributed by atoms with van der Waals surface area (Å²) < 4.78 is 5.80. The fourth-order valence-corrected chi connectivity index (χ4v) is 2.37. The van der Waals surface area contributed by atoms with Crippen LogP contribution in [0.4, 0.5) is 17.5 Å². The zero-order chi connectivity index (χ0) is 18.2. The number of nitrogens with one attached hydrogen (secondary N) is 2. The van der Waals surface area contributed by atoms with Crippen molar-refractivity contribution in [2.75, 3.05) is 17.2 Å². The molecule has 1 heterocycles. The second-order valence-corrected chi connectivity index (χ2v) is 6.44. The average molecular weight is 348 g/mol. The SMILES string of the molecule is CC(C)CCNc1ccnc(Nc2ccc(Oc3ccccc3)cc2)n1. The highest BCUT2D eigenvalue weighted by Crippen LogP contribution is 2.23. The fraction of sp³-hybridized carbons (Fsp3) is 0.238. The number of nitrogens with zero attached hydrogens (tertiary/aromatic N) is 2. The van der Waals surface area contributed by atoms with Crippen molar-refractivity contribution in [1.29, 1.82) is 0 Å². The predicted octanol–water partition coefficient (Wildman–Crippen LogP) is 5.47. The molecule has 5 heteroatoms. The summed E-state index contributed by atoms with van der Waals surface area (Å²) in [6.07, 6.45) is 2.86. The van der Waals surface area contributed by atoms with Crippen molar-refractivity contribution in [2.24, 2.45) is 5.92 Å². The molecule has 0 aliphatic rings. The first kappa shape index (κ1) is 17.7. The molecule has 0 atom stereocenters. The largest absolute Gasteiger partial charge is 0.457 e. The van der Waals surface area contributed by atoms with E-state index in [1.165, 1.54) is 0 Å². The highest BCUT2D eigenvalue weighted by molar-refractivity contribution is 5.56. The highest BCUT2D eigenvalue weighted by Gasteiger charge is 2.02. The minimum atomic E-state index is 0.566. The Kier molecular flexibility index (Phi) is 6.04. The summed E-state index contributed by atoms with van der Waals surface area (Å²) >= 11 is 0. The molecular formula is C21H24N4O. The Morgan fingerprint density at radius 1 is 0.923 bits per heavy atom. The normalized spacial score (nSPS) is 10.6. The zero-order valence-electron chi connectivity index (χ0n) is 15.1. The Labute approximate surface area is 154 Å². The molecule has 3 aromatic rings. The van der Waals surface area contributed by atoms with Gasteiger partial charge in [0.25, 0.3) is 0 Å². The van der Waals surface area contributed by atoms with Gasteiger partial charge in [0.1, 0.15) is 17.3 Å². The molecule has 5 nitrogen and oxygen atoms in total. The molecule has 0 aliphatic heterocycles. The molecule has 2 N–H and O–H groups in total. The van der Waals surface area contributed by atoms with Crippen LogP contribution in [0.2, 0.25) is 0 Å². The second-order valence-electron chi connectivity index (χ2n) is 6.44.